The van der Waals surface area contributed by atoms with Crippen molar-refractivity contribution in [2.45, 2.75) is 46.4 Å². The van der Waals surface area contributed by atoms with Gasteiger partial charge in [-0.15, -0.1) is 11.3 Å². The number of rotatable bonds is 7. The minimum absolute atomic E-state index is 0.519. The van der Waals surface area contributed by atoms with Crippen molar-refractivity contribution in [1.82, 2.24) is 10.3 Å². The molecule has 114 valence electrons. The van der Waals surface area contributed by atoms with Crippen molar-refractivity contribution in [3.8, 4) is 10.6 Å². The van der Waals surface area contributed by atoms with Crippen LogP contribution in [0.5, 0.6) is 0 Å². The molecular weight excluding hydrogens is 280 g/mol. The first-order chi connectivity index (χ1) is 10.1. The van der Waals surface area contributed by atoms with Crippen LogP contribution in [0.25, 0.3) is 10.6 Å². The second-order valence-electron chi connectivity index (χ2n) is 5.38. The molecule has 2 rings (SSSR count). The molecule has 0 amide bonds. The lowest BCUT2D eigenvalue weighted by atomic mass is 10.2. The van der Waals surface area contributed by atoms with Crippen LogP contribution in [0.3, 0.4) is 0 Å². The number of nitrogens with one attached hydrogen (secondary N) is 1. The van der Waals surface area contributed by atoms with Crippen LogP contribution in [0.4, 0.5) is 0 Å². The second kappa shape index (κ2) is 7.69. The summed E-state index contributed by atoms with van der Waals surface area (Å²) in [5, 5.41) is 4.61. The molecule has 0 saturated carbocycles. The maximum atomic E-state index is 5.29. The Bertz CT molecular complexity index is 563. The monoisotopic (exact) mass is 304 g/mol. The molecule has 0 aliphatic rings. The van der Waals surface area contributed by atoms with Gasteiger partial charge < -0.3 is 10.1 Å². The summed E-state index contributed by atoms with van der Waals surface area (Å²) < 4.78 is 5.29. The maximum Gasteiger partial charge on any atom is 0.124 e. The first-order valence-corrected chi connectivity index (χ1v) is 8.23. The van der Waals surface area contributed by atoms with Crippen molar-refractivity contribution in [3.05, 3.63) is 40.4 Å². The van der Waals surface area contributed by atoms with E-state index >= 15 is 0 Å². The fraction of sp³-hybridized carbons (Fsp3) is 0.471. The summed E-state index contributed by atoms with van der Waals surface area (Å²) in [6.07, 6.45) is 1.13. The van der Waals surface area contributed by atoms with Gasteiger partial charge in [-0.3, -0.25) is 0 Å². The van der Waals surface area contributed by atoms with Crippen molar-refractivity contribution >= 4 is 11.3 Å². The highest BCUT2D eigenvalue weighted by molar-refractivity contribution is 7.15. The smallest absolute Gasteiger partial charge is 0.124 e. The summed E-state index contributed by atoms with van der Waals surface area (Å²) >= 11 is 1.76. The average Bonchev–Trinajstić information content (AvgIpc) is 2.89. The largest absolute Gasteiger partial charge is 0.378 e. The molecule has 1 aromatic heterocycles. The summed E-state index contributed by atoms with van der Waals surface area (Å²) in [5.74, 6) is 0. The highest BCUT2D eigenvalue weighted by Crippen LogP contribution is 2.29. The van der Waals surface area contributed by atoms with Gasteiger partial charge in [0.05, 0.1) is 12.3 Å². The van der Waals surface area contributed by atoms with Crippen LogP contribution in [-0.4, -0.2) is 18.1 Å². The van der Waals surface area contributed by atoms with E-state index in [4.69, 9.17) is 9.72 Å². The normalized spacial score (nSPS) is 12.6. The third-order valence-electron chi connectivity index (χ3n) is 3.58. The van der Waals surface area contributed by atoms with Crippen molar-refractivity contribution in [1.29, 1.82) is 0 Å². The molecule has 0 bridgehead atoms. The molecule has 0 radical (unpaired) electrons. The first kappa shape index (κ1) is 16.1. The van der Waals surface area contributed by atoms with Gasteiger partial charge in [0, 0.05) is 30.1 Å². The SMILES string of the molecule is CCC(C)NCc1sc(-c2ccc(C)cc2)nc1COC. The second-order valence-corrected chi connectivity index (χ2v) is 6.46. The number of methoxy groups -OCH3 is 1. The lowest BCUT2D eigenvalue weighted by Crippen LogP contribution is -2.24. The zero-order chi connectivity index (χ0) is 15.2. The Balaban J connectivity index is 2.21. The summed E-state index contributed by atoms with van der Waals surface area (Å²) in [6, 6.07) is 9.05. The van der Waals surface area contributed by atoms with Crippen LogP contribution in [0.2, 0.25) is 0 Å². The topological polar surface area (TPSA) is 34.2 Å². The highest BCUT2D eigenvalue weighted by Gasteiger charge is 2.13. The number of nitrogens with zero attached hydrogens (tertiary/aromatic N) is 1. The average molecular weight is 304 g/mol. The van der Waals surface area contributed by atoms with Crippen LogP contribution < -0.4 is 5.32 Å². The van der Waals surface area contributed by atoms with Gasteiger partial charge in [-0.1, -0.05) is 36.8 Å². The molecule has 1 N–H and O–H groups in total. The number of benzene rings is 1. The molecule has 21 heavy (non-hydrogen) atoms. The Morgan fingerprint density at radius 2 is 2.00 bits per heavy atom. The molecule has 1 unspecified atom stereocenters. The Kier molecular flexibility index (Phi) is 5.91. The van der Waals surface area contributed by atoms with E-state index in [1.807, 2.05) is 0 Å². The molecule has 3 nitrogen and oxygen atoms in total. The summed E-state index contributed by atoms with van der Waals surface area (Å²) in [5.41, 5.74) is 3.50. The number of ether oxygens (including phenoxy) is 1. The highest BCUT2D eigenvalue weighted by atomic mass is 32.1. The fourth-order valence-corrected chi connectivity index (χ4v) is 3.02. The fourth-order valence-electron chi connectivity index (χ4n) is 2.00. The van der Waals surface area contributed by atoms with Gasteiger partial charge in [0.15, 0.2) is 0 Å². The summed E-state index contributed by atoms with van der Waals surface area (Å²) in [7, 11) is 1.72. The van der Waals surface area contributed by atoms with E-state index in [-0.39, 0.29) is 0 Å². The minimum atomic E-state index is 0.519. The molecule has 1 atom stereocenters. The third-order valence-corrected chi connectivity index (χ3v) is 4.73. The van der Waals surface area contributed by atoms with Gasteiger partial charge in [0.1, 0.15) is 5.01 Å². The van der Waals surface area contributed by atoms with Gasteiger partial charge >= 0.3 is 0 Å². The summed E-state index contributed by atoms with van der Waals surface area (Å²) in [4.78, 5) is 6.03. The maximum absolute atomic E-state index is 5.29. The zero-order valence-electron chi connectivity index (χ0n) is 13.3. The molecule has 0 aliphatic heterocycles. The van der Waals surface area contributed by atoms with E-state index < -0.39 is 0 Å². The van der Waals surface area contributed by atoms with E-state index in [0.717, 1.165) is 23.7 Å². The van der Waals surface area contributed by atoms with E-state index in [1.165, 1.54) is 16.0 Å². The van der Waals surface area contributed by atoms with Crippen molar-refractivity contribution in [2.24, 2.45) is 0 Å². The number of aryl methyl sites for hydroxylation is 1. The predicted octanol–water partition coefficient (Wildman–Crippen LogP) is 4.15. The first-order valence-electron chi connectivity index (χ1n) is 7.42. The van der Waals surface area contributed by atoms with Crippen LogP contribution in [0.15, 0.2) is 24.3 Å². The van der Waals surface area contributed by atoms with Gasteiger partial charge in [0.2, 0.25) is 0 Å². The quantitative estimate of drug-likeness (QED) is 0.834. The molecule has 0 spiro atoms. The molecular formula is C17H24N2OS. The number of hydrogen-bond acceptors (Lipinski definition) is 4. The molecule has 1 heterocycles. The van der Waals surface area contributed by atoms with Gasteiger partial charge in [-0.2, -0.15) is 0 Å². The lowest BCUT2D eigenvalue weighted by molar-refractivity contribution is 0.181. The number of aromatic nitrogens is 1. The molecule has 4 heteroatoms. The standard InChI is InChI=1S/C17H24N2OS/c1-5-13(3)18-10-16-15(11-20-4)19-17(21-16)14-8-6-12(2)7-9-14/h6-9,13,18H,5,10-11H2,1-4H3. The van der Waals surface area contributed by atoms with E-state index in [0.29, 0.717) is 12.6 Å². The van der Waals surface area contributed by atoms with Crippen LogP contribution in [0, 0.1) is 6.92 Å². The Morgan fingerprint density at radius 1 is 1.29 bits per heavy atom. The molecule has 1 aromatic carbocycles. The Morgan fingerprint density at radius 3 is 2.62 bits per heavy atom. The van der Waals surface area contributed by atoms with Crippen LogP contribution >= 0.6 is 11.3 Å². The van der Waals surface area contributed by atoms with E-state index in [9.17, 15) is 0 Å². The van der Waals surface area contributed by atoms with Gasteiger partial charge in [-0.05, 0) is 20.3 Å². The van der Waals surface area contributed by atoms with E-state index in [1.54, 1.807) is 18.4 Å². The minimum Gasteiger partial charge on any atom is -0.378 e. The summed E-state index contributed by atoms with van der Waals surface area (Å²) in [6.45, 7) is 7.93. The lowest BCUT2D eigenvalue weighted by Gasteiger charge is -2.10. The van der Waals surface area contributed by atoms with Crippen LogP contribution in [0.1, 0.15) is 36.4 Å². The van der Waals surface area contributed by atoms with Crippen molar-refractivity contribution < 1.29 is 4.74 Å². The number of thiazole rings is 1. The van der Waals surface area contributed by atoms with E-state index in [2.05, 4.69) is 50.4 Å². The van der Waals surface area contributed by atoms with Crippen molar-refractivity contribution in [2.75, 3.05) is 7.11 Å². The number of hydrogen-bond donors (Lipinski definition) is 1. The zero-order valence-corrected chi connectivity index (χ0v) is 14.1. The molecule has 0 fully saturated rings. The molecule has 2 aromatic rings. The van der Waals surface area contributed by atoms with Crippen molar-refractivity contribution in [3.63, 3.8) is 0 Å². The Labute approximate surface area is 131 Å². The van der Waals surface area contributed by atoms with Gasteiger partial charge in [0.25, 0.3) is 0 Å². The molecule has 0 saturated heterocycles. The van der Waals surface area contributed by atoms with Gasteiger partial charge in [-0.25, -0.2) is 4.98 Å². The molecule has 0 aliphatic carbocycles. The predicted molar refractivity (Wildman–Crippen MR) is 89.6 cm³/mol. The third kappa shape index (κ3) is 4.37. The van der Waals surface area contributed by atoms with Crippen LogP contribution in [-0.2, 0) is 17.9 Å². The Hall–Kier alpha value is -1.23.